The molecule has 0 aliphatic carbocycles. The molecule has 1 saturated heterocycles. The first kappa shape index (κ1) is 18.8. The number of nitrogens with one attached hydrogen (secondary N) is 1. The van der Waals surface area contributed by atoms with E-state index < -0.39 is 6.10 Å². The first-order valence-electron chi connectivity index (χ1n) is 7.97. The molecule has 6 heteroatoms. The van der Waals surface area contributed by atoms with Crippen molar-refractivity contribution in [2.24, 2.45) is 0 Å². The maximum Gasteiger partial charge on any atom is 0.0897 e. The lowest BCUT2D eigenvalue weighted by atomic mass is 10.2. The zero-order chi connectivity index (χ0) is 15.2. The van der Waals surface area contributed by atoms with Gasteiger partial charge in [0, 0.05) is 26.9 Å². The Labute approximate surface area is 128 Å². The fourth-order valence-corrected chi connectivity index (χ4v) is 2.14. The standard InChI is InChI=1S/C15H31NO5/c1-18-9-10-19-7-3-2-6-16-11-14(17)12-20-13-15-5-4-8-21-15/h14-17H,2-13H2,1H3. The van der Waals surface area contributed by atoms with E-state index in [0.717, 1.165) is 45.4 Å². The predicted octanol–water partition coefficient (Wildman–Crippen LogP) is 0.576. The summed E-state index contributed by atoms with van der Waals surface area (Å²) in [6, 6.07) is 0. The van der Waals surface area contributed by atoms with E-state index in [2.05, 4.69) is 5.32 Å². The number of rotatable bonds is 14. The third-order valence-electron chi connectivity index (χ3n) is 3.34. The predicted molar refractivity (Wildman–Crippen MR) is 80.6 cm³/mol. The maximum atomic E-state index is 9.76. The molecule has 1 heterocycles. The van der Waals surface area contributed by atoms with Gasteiger partial charge in [0.05, 0.1) is 38.6 Å². The number of hydrogen-bond acceptors (Lipinski definition) is 6. The van der Waals surface area contributed by atoms with Crippen LogP contribution in [0.15, 0.2) is 0 Å². The Morgan fingerprint density at radius 2 is 2.14 bits per heavy atom. The minimum atomic E-state index is -0.454. The van der Waals surface area contributed by atoms with Gasteiger partial charge in [-0.15, -0.1) is 0 Å². The lowest BCUT2D eigenvalue weighted by Crippen LogP contribution is -2.32. The minimum Gasteiger partial charge on any atom is -0.389 e. The van der Waals surface area contributed by atoms with Crippen LogP contribution < -0.4 is 5.32 Å². The summed E-state index contributed by atoms with van der Waals surface area (Å²) in [6.45, 7) is 5.32. The molecule has 126 valence electrons. The Balaban J connectivity index is 1.77. The maximum absolute atomic E-state index is 9.76. The molecule has 1 fully saturated rings. The van der Waals surface area contributed by atoms with Gasteiger partial charge in [-0.3, -0.25) is 0 Å². The Bertz CT molecular complexity index is 224. The van der Waals surface area contributed by atoms with Gasteiger partial charge in [-0.25, -0.2) is 0 Å². The zero-order valence-electron chi connectivity index (χ0n) is 13.2. The highest BCUT2D eigenvalue weighted by Crippen LogP contribution is 2.11. The van der Waals surface area contributed by atoms with Crippen LogP contribution in [0.5, 0.6) is 0 Å². The number of hydrogen-bond donors (Lipinski definition) is 2. The molecule has 1 rings (SSSR count). The number of aliphatic hydroxyl groups is 1. The van der Waals surface area contributed by atoms with Crippen molar-refractivity contribution < 1.29 is 24.1 Å². The molecule has 1 aliphatic heterocycles. The van der Waals surface area contributed by atoms with Crippen LogP contribution in [0.2, 0.25) is 0 Å². The topological polar surface area (TPSA) is 69.2 Å². The first-order valence-corrected chi connectivity index (χ1v) is 7.97. The van der Waals surface area contributed by atoms with Crippen molar-refractivity contribution >= 4 is 0 Å². The number of methoxy groups -OCH3 is 1. The second kappa shape index (κ2) is 13.4. The SMILES string of the molecule is COCCOCCCCNCC(O)COCC1CCCO1. The number of unbranched alkanes of at least 4 members (excludes halogenated alkanes) is 1. The van der Waals surface area contributed by atoms with Crippen LogP contribution in [0.1, 0.15) is 25.7 Å². The van der Waals surface area contributed by atoms with Gasteiger partial charge < -0.3 is 29.4 Å². The van der Waals surface area contributed by atoms with Crippen molar-refractivity contribution in [1.82, 2.24) is 5.32 Å². The molecule has 0 aromatic carbocycles. The van der Waals surface area contributed by atoms with Crippen LogP contribution in [0, 0.1) is 0 Å². The third kappa shape index (κ3) is 11.0. The highest BCUT2D eigenvalue weighted by atomic mass is 16.5. The summed E-state index contributed by atoms with van der Waals surface area (Å²) in [6.07, 6.45) is 4.01. The summed E-state index contributed by atoms with van der Waals surface area (Å²) in [4.78, 5) is 0. The molecule has 21 heavy (non-hydrogen) atoms. The van der Waals surface area contributed by atoms with Crippen molar-refractivity contribution in [3.63, 3.8) is 0 Å². The lowest BCUT2D eigenvalue weighted by molar-refractivity contribution is -0.0164. The van der Waals surface area contributed by atoms with E-state index in [9.17, 15) is 5.11 Å². The second-order valence-electron chi connectivity index (χ2n) is 5.34. The molecule has 0 radical (unpaired) electrons. The Morgan fingerprint density at radius 1 is 1.24 bits per heavy atom. The lowest BCUT2D eigenvalue weighted by Gasteiger charge is -2.14. The molecule has 2 atom stereocenters. The van der Waals surface area contributed by atoms with Gasteiger partial charge in [0.15, 0.2) is 0 Å². The highest BCUT2D eigenvalue weighted by Gasteiger charge is 2.15. The molecular weight excluding hydrogens is 274 g/mol. The quantitative estimate of drug-likeness (QED) is 0.458. The van der Waals surface area contributed by atoms with Crippen molar-refractivity contribution in [1.29, 1.82) is 0 Å². The number of aliphatic hydroxyl groups excluding tert-OH is 1. The molecule has 2 N–H and O–H groups in total. The fourth-order valence-electron chi connectivity index (χ4n) is 2.14. The smallest absolute Gasteiger partial charge is 0.0897 e. The van der Waals surface area contributed by atoms with Crippen LogP contribution in [0.3, 0.4) is 0 Å². The molecule has 0 bridgehead atoms. The Hall–Kier alpha value is -0.240. The van der Waals surface area contributed by atoms with E-state index in [-0.39, 0.29) is 6.10 Å². The molecular formula is C15H31NO5. The van der Waals surface area contributed by atoms with Gasteiger partial charge >= 0.3 is 0 Å². The summed E-state index contributed by atoms with van der Waals surface area (Å²) in [5, 5.41) is 13.0. The summed E-state index contributed by atoms with van der Waals surface area (Å²) in [5.74, 6) is 0. The monoisotopic (exact) mass is 305 g/mol. The van der Waals surface area contributed by atoms with E-state index in [1.54, 1.807) is 7.11 Å². The van der Waals surface area contributed by atoms with Gasteiger partial charge in [0.1, 0.15) is 0 Å². The van der Waals surface area contributed by atoms with Gasteiger partial charge in [0.25, 0.3) is 0 Å². The molecule has 0 spiro atoms. The molecule has 1 aliphatic rings. The van der Waals surface area contributed by atoms with Crippen molar-refractivity contribution in [3.05, 3.63) is 0 Å². The highest BCUT2D eigenvalue weighted by molar-refractivity contribution is 4.65. The van der Waals surface area contributed by atoms with E-state index in [1.807, 2.05) is 0 Å². The van der Waals surface area contributed by atoms with Gasteiger partial charge in [-0.2, -0.15) is 0 Å². The molecule has 0 aromatic rings. The van der Waals surface area contributed by atoms with Crippen molar-refractivity contribution in [3.8, 4) is 0 Å². The van der Waals surface area contributed by atoms with Gasteiger partial charge in [-0.05, 0) is 32.2 Å². The average molecular weight is 305 g/mol. The molecule has 6 nitrogen and oxygen atoms in total. The average Bonchev–Trinajstić information content (AvgIpc) is 2.99. The van der Waals surface area contributed by atoms with Crippen molar-refractivity contribution in [2.75, 3.05) is 59.8 Å². The third-order valence-corrected chi connectivity index (χ3v) is 3.34. The molecule has 2 unspecified atom stereocenters. The largest absolute Gasteiger partial charge is 0.389 e. The minimum absolute atomic E-state index is 0.225. The normalized spacial score (nSPS) is 20.0. The van der Waals surface area contributed by atoms with E-state index in [0.29, 0.717) is 33.0 Å². The zero-order valence-corrected chi connectivity index (χ0v) is 13.2. The Morgan fingerprint density at radius 3 is 2.90 bits per heavy atom. The summed E-state index contributed by atoms with van der Waals surface area (Å²) >= 11 is 0. The summed E-state index contributed by atoms with van der Waals surface area (Å²) in [5.41, 5.74) is 0. The van der Waals surface area contributed by atoms with Crippen LogP contribution in [0.25, 0.3) is 0 Å². The molecule has 0 saturated carbocycles. The van der Waals surface area contributed by atoms with Crippen LogP contribution in [-0.4, -0.2) is 77.2 Å². The van der Waals surface area contributed by atoms with Crippen LogP contribution in [-0.2, 0) is 18.9 Å². The first-order chi connectivity index (χ1) is 10.3. The van der Waals surface area contributed by atoms with Gasteiger partial charge in [-0.1, -0.05) is 0 Å². The fraction of sp³-hybridized carbons (Fsp3) is 1.00. The van der Waals surface area contributed by atoms with E-state index in [1.165, 1.54) is 0 Å². The van der Waals surface area contributed by atoms with E-state index >= 15 is 0 Å². The summed E-state index contributed by atoms with van der Waals surface area (Å²) < 4.78 is 21.2. The van der Waals surface area contributed by atoms with Gasteiger partial charge in [0.2, 0.25) is 0 Å². The molecule has 0 amide bonds. The molecule has 0 aromatic heterocycles. The van der Waals surface area contributed by atoms with E-state index in [4.69, 9.17) is 18.9 Å². The Kier molecular flexibility index (Phi) is 12.0. The second-order valence-corrected chi connectivity index (χ2v) is 5.34. The van der Waals surface area contributed by atoms with Crippen LogP contribution >= 0.6 is 0 Å². The van der Waals surface area contributed by atoms with Crippen LogP contribution in [0.4, 0.5) is 0 Å². The number of ether oxygens (including phenoxy) is 4. The van der Waals surface area contributed by atoms with Crippen molar-refractivity contribution in [2.45, 2.75) is 37.9 Å². The summed E-state index contributed by atoms with van der Waals surface area (Å²) in [7, 11) is 1.67.